The van der Waals surface area contributed by atoms with E-state index in [1.165, 1.54) is 11.3 Å². The van der Waals surface area contributed by atoms with E-state index >= 15 is 0 Å². The molecule has 0 atom stereocenters. The van der Waals surface area contributed by atoms with Crippen LogP contribution in [0.2, 0.25) is 5.02 Å². The first kappa shape index (κ1) is 16.1. The van der Waals surface area contributed by atoms with Gasteiger partial charge in [0.15, 0.2) is 0 Å². The van der Waals surface area contributed by atoms with Crippen LogP contribution in [0.15, 0.2) is 34.5 Å². The minimum Gasteiger partial charge on any atom is -0.358 e. The highest BCUT2D eigenvalue weighted by Crippen LogP contribution is 2.33. The third-order valence-corrected chi connectivity index (χ3v) is 8.26. The zero-order chi connectivity index (χ0) is 16.9. The average molecular weight is 381 g/mol. The Morgan fingerprint density at radius 1 is 1.29 bits per heavy atom. The van der Waals surface area contributed by atoms with Crippen LogP contribution in [0.1, 0.15) is 23.1 Å². The van der Waals surface area contributed by atoms with Crippen LogP contribution in [0, 0.1) is 0 Å². The number of benzene rings is 1. The summed E-state index contributed by atoms with van der Waals surface area (Å²) in [5.41, 5.74) is 3.14. The molecule has 0 fully saturated rings. The van der Waals surface area contributed by atoms with Crippen LogP contribution >= 0.6 is 22.9 Å². The number of halogens is 1. The van der Waals surface area contributed by atoms with Gasteiger partial charge in [0, 0.05) is 46.0 Å². The minimum atomic E-state index is -3.44. The van der Waals surface area contributed by atoms with E-state index in [0.29, 0.717) is 28.7 Å². The van der Waals surface area contributed by atoms with Crippen LogP contribution in [-0.2, 0) is 29.4 Å². The van der Waals surface area contributed by atoms with Crippen molar-refractivity contribution in [2.45, 2.75) is 30.5 Å². The number of hydrogen-bond acceptors (Lipinski definition) is 3. The van der Waals surface area contributed by atoms with Gasteiger partial charge in [0.05, 0.1) is 0 Å². The molecule has 7 heteroatoms. The van der Waals surface area contributed by atoms with E-state index in [9.17, 15) is 8.42 Å². The molecule has 2 aromatic heterocycles. The summed E-state index contributed by atoms with van der Waals surface area (Å²) in [5.74, 6) is 0. The maximum atomic E-state index is 12.9. The Morgan fingerprint density at radius 2 is 2.12 bits per heavy atom. The lowest BCUT2D eigenvalue weighted by Gasteiger charge is -2.25. The molecule has 1 aromatic carbocycles. The molecule has 24 heavy (non-hydrogen) atoms. The van der Waals surface area contributed by atoms with Gasteiger partial charge < -0.3 is 4.98 Å². The normalized spacial score (nSPS) is 15.8. The third kappa shape index (κ3) is 2.58. The molecule has 0 bridgehead atoms. The number of aromatic amines is 1. The fraction of sp³-hybridized carbons (Fsp3) is 0.294. The number of nitrogens with zero attached hydrogens (tertiary/aromatic N) is 1. The zero-order valence-corrected chi connectivity index (χ0v) is 15.6. The van der Waals surface area contributed by atoms with Crippen molar-refractivity contribution in [2.24, 2.45) is 0 Å². The number of H-pyrrole nitrogens is 1. The first-order chi connectivity index (χ1) is 11.5. The van der Waals surface area contributed by atoms with E-state index in [-0.39, 0.29) is 0 Å². The van der Waals surface area contributed by atoms with Crippen molar-refractivity contribution in [3.8, 4) is 0 Å². The van der Waals surface area contributed by atoms with Crippen molar-refractivity contribution >= 4 is 43.9 Å². The van der Waals surface area contributed by atoms with E-state index in [1.54, 1.807) is 10.4 Å². The Balaban J connectivity index is 1.72. The van der Waals surface area contributed by atoms with Gasteiger partial charge >= 0.3 is 0 Å². The highest BCUT2D eigenvalue weighted by molar-refractivity contribution is 7.91. The molecule has 4 rings (SSSR count). The molecular weight excluding hydrogens is 364 g/mol. The molecule has 1 aliphatic rings. The van der Waals surface area contributed by atoms with Crippen LogP contribution < -0.4 is 0 Å². The van der Waals surface area contributed by atoms with E-state index in [2.05, 4.69) is 4.98 Å². The molecule has 0 amide bonds. The van der Waals surface area contributed by atoms with Gasteiger partial charge in [-0.05, 0) is 36.2 Å². The van der Waals surface area contributed by atoms with E-state index in [4.69, 9.17) is 11.6 Å². The Hall–Kier alpha value is -1.34. The van der Waals surface area contributed by atoms with Gasteiger partial charge in [-0.3, -0.25) is 0 Å². The lowest BCUT2D eigenvalue weighted by Crippen LogP contribution is -2.35. The number of aryl methyl sites for hydroxylation is 1. The summed E-state index contributed by atoms with van der Waals surface area (Å²) in [6, 6.07) is 9.33. The largest absolute Gasteiger partial charge is 0.358 e. The van der Waals surface area contributed by atoms with Gasteiger partial charge in [-0.25, -0.2) is 8.42 Å². The van der Waals surface area contributed by atoms with E-state index in [0.717, 1.165) is 33.5 Å². The van der Waals surface area contributed by atoms with Gasteiger partial charge in [-0.1, -0.05) is 24.6 Å². The Kier molecular flexibility index (Phi) is 3.95. The Morgan fingerprint density at radius 3 is 2.88 bits per heavy atom. The molecular formula is C17H17ClN2O2S2. The first-order valence-electron chi connectivity index (χ1n) is 7.87. The molecule has 3 heterocycles. The number of thiophene rings is 1. The lowest BCUT2D eigenvalue weighted by molar-refractivity contribution is 0.392. The molecule has 1 N–H and O–H groups in total. The van der Waals surface area contributed by atoms with Crippen LogP contribution in [0.25, 0.3) is 10.9 Å². The van der Waals surface area contributed by atoms with Gasteiger partial charge in [0.1, 0.15) is 4.21 Å². The zero-order valence-electron chi connectivity index (χ0n) is 13.2. The average Bonchev–Trinajstić information content (AvgIpc) is 3.18. The topological polar surface area (TPSA) is 53.2 Å². The summed E-state index contributed by atoms with van der Waals surface area (Å²) in [5, 5.41) is 1.73. The fourth-order valence-electron chi connectivity index (χ4n) is 3.19. The van der Waals surface area contributed by atoms with Crippen LogP contribution in [-0.4, -0.2) is 24.3 Å². The molecule has 0 saturated carbocycles. The molecule has 1 aliphatic heterocycles. The van der Waals surface area contributed by atoms with Crippen LogP contribution in [0.5, 0.6) is 0 Å². The fourth-order valence-corrected chi connectivity index (χ4v) is 6.22. The maximum absolute atomic E-state index is 12.9. The summed E-state index contributed by atoms with van der Waals surface area (Å²) in [7, 11) is -3.44. The van der Waals surface area contributed by atoms with Crippen molar-refractivity contribution in [1.82, 2.24) is 9.29 Å². The summed E-state index contributed by atoms with van der Waals surface area (Å²) < 4.78 is 27.9. The molecule has 4 nitrogen and oxygen atoms in total. The van der Waals surface area contributed by atoms with Crippen molar-refractivity contribution in [1.29, 1.82) is 0 Å². The van der Waals surface area contributed by atoms with E-state index < -0.39 is 10.0 Å². The van der Waals surface area contributed by atoms with Crippen LogP contribution in [0.3, 0.4) is 0 Å². The van der Waals surface area contributed by atoms with Gasteiger partial charge in [0.25, 0.3) is 10.0 Å². The molecule has 0 radical (unpaired) electrons. The molecule has 0 spiro atoms. The summed E-state index contributed by atoms with van der Waals surface area (Å²) in [4.78, 5) is 4.47. The number of fused-ring (bicyclic) bond motifs is 3. The Bertz CT molecular complexity index is 1020. The maximum Gasteiger partial charge on any atom is 0.252 e. The van der Waals surface area contributed by atoms with Crippen molar-refractivity contribution in [3.63, 3.8) is 0 Å². The minimum absolute atomic E-state index is 0.401. The number of rotatable bonds is 3. The highest BCUT2D eigenvalue weighted by Gasteiger charge is 2.31. The second-order valence-corrected chi connectivity index (χ2v) is 9.70. The second-order valence-electron chi connectivity index (χ2n) is 5.93. The van der Waals surface area contributed by atoms with Gasteiger partial charge in [0.2, 0.25) is 0 Å². The quantitative estimate of drug-likeness (QED) is 0.740. The second kappa shape index (κ2) is 5.88. The van der Waals surface area contributed by atoms with Gasteiger partial charge in [-0.2, -0.15) is 4.31 Å². The SMILES string of the molecule is CCc1ccc(S(=O)(=O)N2CCc3[nH]c4cc(Cl)ccc4c3C2)s1. The molecule has 126 valence electrons. The summed E-state index contributed by atoms with van der Waals surface area (Å²) >= 11 is 7.42. The molecule has 0 saturated heterocycles. The summed E-state index contributed by atoms with van der Waals surface area (Å²) in [6.45, 7) is 2.93. The first-order valence-corrected chi connectivity index (χ1v) is 10.5. The molecule has 3 aromatic rings. The molecule has 0 aliphatic carbocycles. The van der Waals surface area contributed by atoms with Crippen molar-refractivity contribution < 1.29 is 8.42 Å². The smallest absolute Gasteiger partial charge is 0.252 e. The standard InChI is InChI=1S/C17H17ClN2O2S2/c1-2-12-4-6-17(23-12)24(21,22)20-8-7-15-14(10-20)13-5-3-11(18)9-16(13)19-15/h3-6,9,19H,2,7-8,10H2,1H3. The molecule has 0 unspecified atom stereocenters. The monoisotopic (exact) mass is 380 g/mol. The third-order valence-electron chi connectivity index (χ3n) is 4.48. The number of hydrogen-bond donors (Lipinski definition) is 1. The number of sulfonamides is 1. The van der Waals surface area contributed by atoms with Crippen molar-refractivity contribution in [3.05, 3.63) is 51.5 Å². The predicted molar refractivity (Wildman–Crippen MR) is 98.3 cm³/mol. The Labute approximate surface area is 150 Å². The highest BCUT2D eigenvalue weighted by atomic mass is 35.5. The lowest BCUT2D eigenvalue weighted by atomic mass is 10.1. The number of nitrogens with one attached hydrogen (secondary N) is 1. The van der Waals surface area contributed by atoms with Crippen LogP contribution in [0.4, 0.5) is 0 Å². The van der Waals surface area contributed by atoms with Gasteiger partial charge in [-0.15, -0.1) is 11.3 Å². The predicted octanol–water partition coefficient (Wildman–Crippen LogP) is 4.19. The van der Waals surface area contributed by atoms with Crippen molar-refractivity contribution in [2.75, 3.05) is 6.54 Å². The summed E-state index contributed by atoms with van der Waals surface area (Å²) in [6.07, 6.45) is 1.54. The number of aromatic nitrogens is 1. The van der Waals surface area contributed by atoms with E-state index in [1.807, 2.05) is 31.2 Å².